The van der Waals surface area contributed by atoms with Gasteiger partial charge in [-0.05, 0) is 60.7 Å². The minimum Gasteiger partial charge on any atom is -0.279 e. The summed E-state index contributed by atoms with van der Waals surface area (Å²) in [7, 11) is 0. The zero-order chi connectivity index (χ0) is 25.8. The van der Waals surface area contributed by atoms with Crippen molar-refractivity contribution in [2.45, 2.75) is 0 Å². The Hall–Kier alpha value is -5.45. The van der Waals surface area contributed by atoms with Crippen molar-refractivity contribution in [3.05, 3.63) is 122 Å². The fraction of sp³-hybridized carbons (Fsp3) is 0. The Bertz CT molecular complexity index is 1360. The van der Waals surface area contributed by atoms with Gasteiger partial charge in [-0.1, -0.05) is 24.3 Å². The average molecular weight is 484 g/mol. The molecule has 0 saturated carbocycles. The minimum atomic E-state index is -0.474. The second-order valence-electron chi connectivity index (χ2n) is 7.04. The lowest BCUT2D eigenvalue weighted by Gasteiger charge is -2.02. The molecule has 0 heterocycles. The van der Waals surface area contributed by atoms with Gasteiger partial charge < -0.3 is 0 Å². The number of hydrogen-bond acceptors (Lipinski definition) is 8. The third kappa shape index (κ3) is 7.28. The zero-order valence-electron chi connectivity index (χ0n) is 18.7. The van der Waals surface area contributed by atoms with Crippen LogP contribution in [0.4, 0.5) is 17.1 Å². The second kappa shape index (κ2) is 12.7. The highest BCUT2D eigenvalue weighted by Crippen LogP contribution is 2.19. The van der Waals surface area contributed by atoms with Crippen molar-refractivity contribution in [1.29, 1.82) is 0 Å². The molecule has 3 aromatic rings. The Labute approximate surface area is 205 Å². The number of nitrogens with zero attached hydrogens (tertiary/aromatic N) is 4. The van der Waals surface area contributed by atoms with Crippen molar-refractivity contribution < 1.29 is 14.6 Å². The summed E-state index contributed by atoms with van der Waals surface area (Å²) in [4.78, 5) is 33.3. The smallest absolute Gasteiger partial charge is 0.276 e. The van der Waals surface area contributed by atoms with Crippen LogP contribution in [0.15, 0.2) is 95.2 Å². The number of carbonyl (C=O) groups is 1. The topological polar surface area (TPSA) is 152 Å². The molecule has 11 heteroatoms. The maximum Gasteiger partial charge on any atom is 0.276 e. The first-order valence-corrected chi connectivity index (χ1v) is 10.5. The third-order valence-electron chi connectivity index (χ3n) is 4.65. The average Bonchev–Trinajstić information content (AvgIpc) is 2.89. The van der Waals surface area contributed by atoms with Crippen LogP contribution in [-0.4, -0.2) is 28.2 Å². The van der Waals surface area contributed by atoms with E-state index in [1.807, 2.05) is 0 Å². The van der Waals surface area contributed by atoms with E-state index >= 15 is 0 Å². The zero-order valence-corrected chi connectivity index (χ0v) is 18.7. The second-order valence-corrected chi connectivity index (χ2v) is 7.04. The summed E-state index contributed by atoms with van der Waals surface area (Å²) in [5, 5.41) is 29.8. The monoisotopic (exact) mass is 484 g/mol. The van der Waals surface area contributed by atoms with Crippen molar-refractivity contribution in [1.82, 2.24) is 5.43 Å². The van der Waals surface area contributed by atoms with E-state index in [2.05, 4.69) is 21.1 Å². The number of hydrazone groups is 2. The molecule has 11 nitrogen and oxygen atoms in total. The molecule has 0 aliphatic rings. The van der Waals surface area contributed by atoms with E-state index in [9.17, 15) is 25.0 Å². The molecule has 0 radical (unpaired) electrons. The molecule has 180 valence electrons. The van der Waals surface area contributed by atoms with Crippen LogP contribution < -0.4 is 10.9 Å². The van der Waals surface area contributed by atoms with Gasteiger partial charge in [0.15, 0.2) is 0 Å². The van der Waals surface area contributed by atoms with Crippen LogP contribution in [0.2, 0.25) is 0 Å². The number of benzene rings is 3. The van der Waals surface area contributed by atoms with E-state index in [-0.39, 0.29) is 11.4 Å². The fourth-order valence-corrected chi connectivity index (χ4v) is 2.94. The van der Waals surface area contributed by atoms with E-state index in [0.29, 0.717) is 22.4 Å². The number of para-hydroxylation sites is 2. The van der Waals surface area contributed by atoms with E-state index in [0.717, 1.165) is 0 Å². The number of hydrogen-bond donors (Lipinski definition) is 2. The number of nitro groups is 2. The summed E-state index contributed by atoms with van der Waals surface area (Å²) >= 11 is 0. The molecule has 0 bridgehead atoms. The van der Waals surface area contributed by atoms with Gasteiger partial charge in [-0.3, -0.25) is 30.4 Å². The predicted octanol–water partition coefficient (Wildman–Crippen LogP) is 5.04. The first-order valence-electron chi connectivity index (χ1n) is 10.5. The van der Waals surface area contributed by atoms with Crippen LogP contribution in [0, 0.1) is 20.2 Å². The third-order valence-corrected chi connectivity index (χ3v) is 4.65. The van der Waals surface area contributed by atoms with Gasteiger partial charge >= 0.3 is 0 Å². The number of nitro benzene ring substituents is 2. The van der Waals surface area contributed by atoms with Crippen molar-refractivity contribution in [3.8, 4) is 0 Å². The number of carbonyl (C=O) groups excluding carboxylic acids is 1. The maximum absolute atomic E-state index is 12.2. The highest BCUT2D eigenvalue weighted by atomic mass is 16.6. The number of anilines is 1. The largest absolute Gasteiger partial charge is 0.279 e. The summed E-state index contributed by atoms with van der Waals surface area (Å²) in [6.45, 7) is 0. The fourth-order valence-electron chi connectivity index (χ4n) is 2.94. The lowest BCUT2D eigenvalue weighted by atomic mass is 10.1. The molecule has 2 N–H and O–H groups in total. The van der Waals surface area contributed by atoms with E-state index in [1.165, 1.54) is 36.7 Å². The van der Waals surface area contributed by atoms with Gasteiger partial charge in [0.1, 0.15) is 0 Å². The summed E-state index contributed by atoms with van der Waals surface area (Å²) in [5.74, 6) is -0.437. The Balaban J connectivity index is 1.49. The van der Waals surface area contributed by atoms with E-state index < -0.39 is 15.8 Å². The van der Waals surface area contributed by atoms with Crippen LogP contribution >= 0.6 is 0 Å². The molecule has 0 aromatic heterocycles. The lowest BCUT2D eigenvalue weighted by Crippen LogP contribution is -2.17. The highest BCUT2D eigenvalue weighted by Gasteiger charge is 2.09. The molecule has 0 spiro atoms. The van der Waals surface area contributed by atoms with Crippen LogP contribution in [-0.2, 0) is 0 Å². The molecule has 0 atom stereocenters. The molecule has 0 fully saturated rings. The summed E-state index contributed by atoms with van der Waals surface area (Å²) in [5.41, 5.74) is 7.00. The van der Waals surface area contributed by atoms with Crippen LogP contribution in [0.1, 0.15) is 21.5 Å². The minimum absolute atomic E-state index is 0.00417. The molecule has 36 heavy (non-hydrogen) atoms. The first-order chi connectivity index (χ1) is 17.5. The molecular weight excluding hydrogens is 464 g/mol. The van der Waals surface area contributed by atoms with Gasteiger partial charge in [-0.2, -0.15) is 10.2 Å². The van der Waals surface area contributed by atoms with Gasteiger partial charge in [0, 0.05) is 30.1 Å². The maximum atomic E-state index is 12.2. The van der Waals surface area contributed by atoms with Crippen LogP contribution in [0.3, 0.4) is 0 Å². The number of allylic oxidation sites excluding steroid dienone is 2. The van der Waals surface area contributed by atoms with Crippen LogP contribution in [0.25, 0.3) is 12.2 Å². The Morgan fingerprint density at radius 2 is 1.22 bits per heavy atom. The normalized spacial score (nSPS) is 11.4. The molecule has 3 aromatic carbocycles. The molecule has 0 saturated heterocycles. The molecular formula is C25H20N6O5. The van der Waals surface area contributed by atoms with Crippen molar-refractivity contribution in [2.75, 3.05) is 5.43 Å². The number of amides is 1. The first kappa shape index (κ1) is 25.2. The number of nitrogens with one attached hydrogen (secondary N) is 2. The number of rotatable bonds is 10. The Kier molecular flexibility index (Phi) is 8.88. The summed E-state index contributed by atoms with van der Waals surface area (Å²) in [6, 6.07) is 19.1. The molecule has 0 unspecified atom stereocenters. The van der Waals surface area contributed by atoms with E-state index in [4.69, 9.17) is 0 Å². The molecule has 3 rings (SSSR count). The highest BCUT2D eigenvalue weighted by molar-refractivity contribution is 5.95. The lowest BCUT2D eigenvalue weighted by molar-refractivity contribution is -0.385. The Morgan fingerprint density at radius 1 is 0.722 bits per heavy atom. The summed E-state index contributed by atoms with van der Waals surface area (Å²) in [6.07, 6.45) is 8.91. The van der Waals surface area contributed by atoms with Gasteiger partial charge in [0.2, 0.25) is 0 Å². The molecule has 0 aliphatic carbocycles. The van der Waals surface area contributed by atoms with Gasteiger partial charge in [0.05, 0.1) is 26.7 Å². The van der Waals surface area contributed by atoms with Crippen molar-refractivity contribution in [3.63, 3.8) is 0 Å². The van der Waals surface area contributed by atoms with Crippen molar-refractivity contribution >= 4 is 47.6 Å². The van der Waals surface area contributed by atoms with Crippen LogP contribution in [0.5, 0.6) is 0 Å². The van der Waals surface area contributed by atoms with Crippen molar-refractivity contribution in [2.24, 2.45) is 10.2 Å². The molecule has 0 aliphatic heterocycles. The standard InChI is InChI=1S/C25H20N6O5/c32-25(29-27-18-6-10-20-8-2-4-12-24(20)31(35)36)21-13-15-22(16-14-21)28-26-17-5-9-19-7-1-3-11-23(19)30(33)34/h1-18,28H,(H,29,32)/b9-5?,10-6+,26-17+,27-18?. The molecule has 1 amide bonds. The summed E-state index contributed by atoms with van der Waals surface area (Å²) < 4.78 is 0. The predicted molar refractivity (Wildman–Crippen MR) is 139 cm³/mol. The Morgan fingerprint density at radius 3 is 1.75 bits per heavy atom. The van der Waals surface area contributed by atoms with Gasteiger partial charge in [-0.25, -0.2) is 5.43 Å². The van der Waals surface area contributed by atoms with Gasteiger partial charge in [0.25, 0.3) is 17.3 Å². The van der Waals surface area contributed by atoms with Gasteiger partial charge in [-0.15, -0.1) is 0 Å². The quantitative estimate of drug-likeness (QED) is 0.233. The SMILES string of the molecule is O=C(NN=C/C=C/c1ccccc1[N+](=O)[O-])c1ccc(N/N=C/C=Cc2ccccc2[N+](=O)[O-])cc1. The van der Waals surface area contributed by atoms with E-state index in [1.54, 1.807) is 72.8 Å².